The standard InChI is InChI=1S/C20H16N4O/c21-12-15-5-4-8-18(11-15)20(25)22-10-9-16-13-23-19(24-14-16)17-6-2-1-3-7-17/h1-8,11,13-14H,9-10H2,(H,22,25). The van der Waals surface area contributed by atoms with Crippen LogP contribution >= 0.6 is 0 Å². The van der Waals surface area contributed by atoms with Crippen molar-refractivity contribution in [1.29, 1.82) is 5.26 Å². The molecular formula is C20H16N4O. The lowest BCUT2D eigenvalue weighted by Crippen LogP contribution is -2.25. The highest BCUT2D eigenvalue weighted by atomic mass is 16.1. The fraction of sp³-hybridized carbons (Fsp3) is 0.100. The van der Waals surface area contributed by atoms with Crippen LogP contribution in [0.25, 0.3) is 11.4 Å². The average molecular weight is 328 g/mol. The molecule has 0 spiro atoms. The zero-order valence-corrected chi connectivity index (χ0v) is 13.5. The van der Waals surface area contributed by atoms with Crippen LogP contribution in [0, 0.1) is 11.3 Å². The van der Waals surface area contributed by atoms with Gasteiger partial charge in [-0.15, -0.1) is 0 Å². The molecule has 0 unspecified atom stereocenters. The second kappa shape index (κ2) is 7.84. The van der Waals surface area contributed by atoms with Crippen LogP contribution in [0.5, 0.6) is 0 Å². The molecule has 0 radical (unpaired) electrons. The van der Waals surface area contributed by atoms with E-state index in [4.69, 9.17) is 5.26 Å². The number of nitriles is 1. The van der Waals surface area contributed by atoms with E-state index >= 15 is 0 Å². The van der Waals surface area contributed by atoms with Crippen molar-refractivity contribution in [3.8, 4) is 17.5 Å². The maximum Gasteiger partial charge on any atom is 0.251 e. The average Bonchev–Trinajstić information content (AvgIpc) is 2.69. The van der Waals surface area contributed by atoms with Crippen LogP contribution < -0.4 is 5.32 Å². The molecule has 0 bridgehead atoms. The monoisotopic (exact) mass is 328 g/mol. The Bertz CT molecular complexity index is 899. The third-order valence-corrected chi connectivity index (χ3v) is 3.69. The number of amides is 1. The first-order valence-corrected chi connectivity index (χ1v) is 7.91. The Balaban J connectivity index is 1.55. The van der Waals surface area contributed by atoms with Gasteiger partial charge in [0.25, 0.3) is 5.91 Å². The van der Waals surface area contributed by atoms with E-state index in [1.54, 1.807) is 36.7 Å². The molecule has 1 aromatic heterocycles. The summed E-state index contributed by atoms with van der Waals surface area (Å²) in [4.78, 5) is 20.8. The molecular weight excluding hydrogens is 312 g/mol. The van der Waals surface area contributed by atoms with E-state index in [-0.39, 0.29) is 5.91 Å². The van der Waals surface area contributed by atoms with E-state index in [0.29, 0.717) is 29.9 Å². The van der Waals surface area contributed by atoms with E-state index < -0.39 is 0 Å². The van der Waals surface area contributed by atoms with Gasteiger partial charge < -0.3 is 5.32 Å². The molecule has 0 atom stereocenters. The number of rotatable bonds is 5. The Morgan fingerprint density at radius 1 is 1.04 bits per heavy atom. The fourth-order valence-corrected chi connectivity index (χ4v) is 2.37. The predicted molar refractivity (Wildman–Crippen MR) is 94.7 cm³/mol. The van der Waals surface area contributed by atoms with E-state index in [1.807, 2.05) is 36.4 Å². The van der Waals surface area contributed by atoms with Gasteiger partial charge >= 0.3 is 0 Å². The summed E-state index contributed by atoms with van der Waals surface area (Å²) in [6.45, 7) is 0.476. The summed E-state index contributed by atoms with van der Waals surface area (Å²) in [5, 5.41) is 11.7. The third-order valence-electron chi connectivity index (χ3n) is 3.69. The van der Waals surface area contributed by atoms with Crippen LogP contribution in [0.1, 0.15) is 21.5 Å². The van der Waals surface area contributed by atoms with Gasteiger partial charge in [-0.25, -0.2) is 9.97 Å². The number of hydrogen-bond acceptors (Lipinski definition) is 4. The molecule has 0 saturated carbocycles. The summed E-state index contributed by atoms with van der Waals surface area (Å²) in [5.74, 6) is 0.487. The minimum absolute atomic E-state index is 0.195. The van der Waals surface area contributed by atoms with E-state index in [2.05, 4.69) is 15.3 Å². The highest BCUT2D eigenvalue weighted by molar-refractivity contribution is 5.94. The highest BCUT2D eigenvalue weighted by Gasteiger charge is 2.06. The van der Waals surface area contributed by atoms with Crippen LogP contribution in [-0.2, 0) is 6.42 Å². The molecule has 0 aliphatic carbocycles. The normalized spacial score (nSPS) is 10.0. The van der Waals surface area contributed by atoms with Crippen LogP contribution in [0.4, 0.5) is 0 Å². The van der Waals surface area contributed by atoms with Gasteiger partial charge in [-0.05, 0) is 30.2 Å². The number of nitrogens with one attached hydrogen (secondary N) is 1. The van der Waals surface area contributed by atoms with Crippen molar-refractivity contribution in [1.82, 2.24) is 15.3 Å². The van der Waals surface area contributed by atoms with Gasteiger partial charge in [-0.3, -0.25) is 4.79 Å². The first-order valence-electron chi connectivity index (χ1n) is 7.91. The Kier molecular flexibility index (Phi) is 5.13. The summed E-state index contributed by atoms with van der Waals surface area (Å²) >= 11 is 0. The topological polar surface area (TPSA) is 78.7 Å². The molecule has 1 amide bonds. The minimum Gasteiger partial charge on any atom is -0.352 e. The SMILES string of the molecule is N#Cc1cccc(C(=O)NCCc2cnc(-c3ccccc3)nc2)c1. The van der Waals surface area contributed by atoms with Crippen molar-refractivity contribution >= 4 is 5.91 Å². The first kappa shape index (κ1) is 16.3. The summed E-state index contributed by atoms with van der Waals surface area (Å²) in [7, 11) is 0. The summed E-state index contributed by atoms with van der Waals surface area (Å²) in [6.07, 6.45) is 4.19. The van der Waals surface area contributed by atoms with Crippen molar-refractivity contribution in [2.24, 2.45) is 0 Å². The molecule has 2 aromatic carbocycles. The molecule has 0 saturated heterocycles. The zero-order valence-electron chi connectivity index (χ0n) is 13.5. The maximum atomic E-state index is 12.1. The number of hydrogen-bond donors (Lipinski definition) is 1. The quantitative estimate of drug-likeness (QED) is 0.781. The van der Waals surface area contributed by atoms with Gasteiger partial charge in [0, 0.05) is 30.1 Å². The largest absolute Gasteiger partial charge is 0.352 e. The maximum absolute atomic E-state index is 12.1. The molecule has 5 heteroatoms. The van der Waals surface area contributed by atoms with Crippen LogP contribution in [0.2, 0.25) is 0 Å². The van der Waals surface area contributed by atoms with Gasteiger partial charge in [-0.2, -0.15) is 5.26 Å². The number of aromatic nitrogens is 2. The predicted octanol–water partition coefficient (Wildman–Crippen LogP) is 2.99. The molecule has 1 heterocycles. The molecule has 122 valence electrons. The van der Waals surface area contributed by atoms with Gasteiger partial charge in [-0.1, -0.05) is 36.4 Å². The van der Waals surface area contributed by atoms with E-state index in [9.17, 15) is 4.79 Å². The Morgan fingerprint density at radius 2 is 1.80 bits per heavy atom. The van der Waals surface area contributed by atoms with Crippen LogP contribution in [0.15, 0.2) is 67.0 Å². The molecule has 1 N–H and O–H groups in total. The van der Waals surface area contributed by atoms with Crippen molar-refractivity contribution in [2.75, 3.05) is 6.54 Å². The fourth-order valence-electron chi connectivity index (χ4n) is 2.37. The lowest BCUT2D eigenvalue weighted by atomic mass is 10.1. The lowest BCUT2D eigenvalue weighted by Gasteiger charge is -2.06. The Hall–Kier alpha value is -3.52. The van der Waals surface area contributed by atoms with E-state index in [1.165, 1.54) is 0 Å². The Labute approximate surface area is 146 Å². The summed E-state index contributed by atoms with van der Waals surface area (Å²) < 4.78 is 0. The number of carbonyl (C=O) groups excluding carboxylic acids is 1. The van der Waals surface area contributed by atoms with Gasteiger partial charge in [0.2, 0.25) is 0 Å². The highest BCUT2D eigenvalue weighted by Crippen LogP contribution is 2.13. The first-order chi connectivity index (χ1) is 12.3. The zero-order chi connectivity index (χ0) is 17.5. The van der Waals surface area contributed by atoms with Crippen molar-refractivity contribution in [2.45, 2.75) is 6.42 Å². The van der Waals surface area contributed by atoms with Crippen molar-refractivity contribution in [3.05, 3.63) is 83.7 Å². The third kappa shape index (κ3) is 4.27. The smallest absolute Gasteiger partial charge is 0.251 e. The second-order valence-corrected chi connectivity index (χ2v) is 5.48. The molecule has 5 nitrogen and oxygen atoms in total. The molecule has 3 aromatic rings. The molecule has 25 heavy (non-hydrogen) atoms. The van der Waals surface area contributed by atoms with Crippen molar-refractivity contribution < 1.29 is 4.79 Å². The van der Waals surface area contributed by atoms with Gasteiger partial charge in [0.1, 0.15) is 0 Å². The molecule has 3 rings (SSSR count). The molecule has 0 aliphatic rings. The number of nitrogens with zero attached hydrogens (tertiary/aromatic N) is 3. The van der Waals surface area contributed by atoms with Gasteiger partial charge in [0.05, 0.1) is 11.6 Å². The molecule has 0 fully saturated rings. The van der Waals surface area contributed by atoms with Gasteiger partial charge in [0.15, 0.2) is 5.82 Å². The minimum atomic E-state index is -0.195. The lowest BCUT2D eigenvalue weighted by molar-refractivity contribution is 0.0954. The molecule has 0 aliphatic heterocycles. The van der Waals surface area contributed by atoms with Crippen molar-refractivity contribution in [3.63, 3.8) is 0 Å². The van der Waals surface area contributed by atoms with E-state index in [0.717, 1.165) is 11.1 Å². The van der Waals surface area contributed by atoms with Crippen LogP contribution in [-0.4, -0.2) is 22.4 Å². The summed E-state index contributed by atoms with van der Waals surface area (Å²) in [6, 6.07) is 18.4. The number of benzene rings is 2. The Morgan fingerprint density at radius 3 is 2.52 bits per heavy atom. The summed E-state index contributed by atoms with van der Waals surface area (Å²) in [5.41, 5.74) is 2.87. The van der Waals surface area contributed by atoms with Crippen LogP contribution in [0.3, 0.4) is 0 Å². The number of carbonyl (C=O) groups is 1. The second-order valence-electron chi connectivity index (χ2n) is 5.48.